The number of anilines is 1. The molecule has 0 spiro atoms. The first-order chi connectivity index (χ1) is 7.79. The molecule has 0 aliphatic heterocycles. The minimum atomic E-state index is 0.186. The van der Waals surface area contributed by atoms with Crippen LogP contribution in [0.1, 0.15) is 31.4 Å². The minimum absolute atomic E-state index is 0.186. The molecular weight excluding hydrogens is 202 g/mol. The van der Waals surface area contributed by atoms with E-state index in [4.69, 9.17) is 11.0 Å². The zero-order chi connectivity index (χ0) is 11.4. The maximum Gasteiger partial charge on any atom is 0.158 e. The van der Waals surface area contributed by atoms with Gasteiger partial charge in [-0.1, -0.05) is 12.8 Å². The Morgan fingerprint density at radius 1 is 1.31 bits per heavy atom. The third-order valence-electron chi connectivity index (χ3n) is 2.92. The molecule has 16 heavy (non-hydrogen) atoms. The number of nitrogens with one attached hydrogen (secondary N) is 1. The lowest BCUT2D eigenvalue weighted by Gasteiger charge is -2.29. The van der Waals surface area contributed by atoms with Crippen LogP contribution in [0, 0.1) is 11.3 Å². The molecule has 0 radical (unpaired) electrons. The molecule has 1 aromatic rings. The van der Waals surface area contributed by atoms with Crippen molar-refractivity contribution in [3.63, 3.8) is 0 Å². The summed E-state index contributed by atoms with van der Waals surface area (Å²) in [7, 11) is 0. The van der Waals surface area contributed by atoms with Crippen molar-refractivity contribution in [3.05, 3.63) is 18.1 Å². The Morgan fingerprint density at radius 3 is 2.75 bits per heavy atom. The van der Waals surface area contributed by atoms with Gasteiger partial charge in [0, 0.05) is 12.1 Å². The van der Waals surface area contributed by atoms with Gasteiger partial charge in [-0.2, -0.15) is 5.26 Å². The second-order valence-corrected chi connectivity index (χ2v) is 4.10. The molecule has 2 rings (SSSR count). The predicted molar refractivity (Wildman–Crippen MR) is 60.6 cm³/mol. The maximum atomic E-state index is 8.60. The summed E-state index contributed by atoms with van der Waals surface area (Å²) in [6.07, 6.45) is 7.59. The summed E-state index contributed by atoms with van der Waals surface area (Å²) >= 11 is 0. The van der Waals surface area contributed by atoms with E-state index in [1.807, 2.05) is 6.07 Å². The molecule has 5 heteroatoms. The summed E-state index contributed by atoms with van der Waals surface area (Å²) in [6.45, 7) is 0. The molecule has 1 aliphatic rings. The predicted octanol–water partition coefficient (Wildman–Crippen LogP) is 1.03. The molecule has 1 saturated carbocycles. The highest BCUT2D eigenvalue weighted by Gasteiger charge is 2.21. The van der Waals surface area contributed by atoms with E-state index in [2.05, 4.69) is 15.3 Å². The molecule has 0 saturated heterocycles. The fourth-order valence-electron chi connectivity index (χ4n) is 1.99. The monoisotopic (exact) mass is 217 g/mol. The number of rotatable bonds is 2. The van der Waals surface area contributed by atoms with Gasteiger partial charge in [0.1, 0.15) is 11.9 Å². The third-order valence-corrected chi connectivity index (χ3v) is 2.92. The number of nitrogens with zero attached hydrogens (tertiary/aromatic N) is 3. The zero-order valence-electron chi connectivity index (χ0n) is 9.06. The van der Waals surface area contributed by atoms with Crippen molar-refractivity contribution in [3.8, 4) is 6.07 Å². The van der Waals surface area contributed by atoms with Gasteiger partial charge in [0.25, 0.3) is 0 Å². The van der Waals surface area contributed by atoms with Crippen LogP contribution < -0.4 is 11.1 Å². The summed E-state index contributed by atoms with van der Waals surface area (Å²) < 4.78 is 0. The molecule has 2 atom stereocenters. The van der Waals surface area contributed by atoms with Crippen LogP contribution in [0.15, 0.2) is 12.4 Å². The fraction of sp³-hybridized carbons (Fsp3) is 0.545. The average molecular weight is 217 g/mol. The van der Waals surface area contributed by atoms with E-state index < -0.39 is 0 Å². The SMILES string of the molecule is N#Cc1cnc(NC2CCCCC2N)cn1. The van der Waals surface area contributed by atoms with Crippen LogP contribution in [0.2, 0.25) is 0 Å². The Balaban J connectivity index is 2.00. The number of aromatic nitrogens is 2. The van der Waals surface area contributed by atoms with Gasteiger partial charge in [0.2, 0.25) is 0 Å². The average Bonchev–Trinajstić information content (AvgIpc) is 2.33. The van der Waals surface area contributed by atoms with Crippen LogP contribution in [0.4, 0.5) is 5.82 Å². The first-order valence-corrected chi connectivity index (χ1v) is 5.54. The largest absolute Gasteiger partial charge is 0.365 e. The normalized spacial score (nSPS) is 24.8. The molecule has 0 aromatic carbocycles. The number of hydrogen-bond acceptors (Lipinski definition) is 5. The van der Waals surface area contributed by atoms with Crippen molar-refractivity contribution in [2.45, 2.75) is 37.8 Å². The van der Waals surface area contributed by atoms with Gasteiger partial charge < -0.3 is 11.1 Å². The molecule has 2 unspecified atom stereocenters. The lowest BCUT2D eigenvalue weighted by atomic mass is 9.91. The Labute approximate surface area is 94.7 Å². The van der Waals surface area contributed by atoms with Crippen molar-refractivity contribution >= 4 is 5.82 Å². The summed E-state index contributed by atoms with van der Waals surface area (Å²) in [4.78, 5) is 8.09. The lowest BCUT2D eigenvalue weighted by Crippen LogP contribution is -2.42. The van der Waals surface area contributed by atoms with Crippen LogP contribution in [0.25, 0.3) is 0 Å². The summed E-state index contributed by atoms with van der Waals surface area (Å²) in [5, 5.41) is 11.9. The number of nitrogens with two attached hydrogens (primary N) is 1. The number of nitriles is 1. The Hall–Kier alpha value is -1.67. The number of hydrogen-bond donors (Lipinski definition) is 2. The van der Waals surface area contributed by atoms with Gasteiger partial charge in [-0.25, -0.2) is 9.97 Å². The van der Waals surface area contributed by atoms with Crippen molar-refractivity contribution < 1.29 is 0 Å². The Bertz CT molecular complexity index is 380. The summed E-state index contributed by atoms with van der Waals surface area (Å²) in [5.74, 6) is 0.696. The van der Waals surface area contributed by atoms with Gasteiger partial charge in [-0.15, -0.1) is 0 Å². The Kier molecular flexibility index (Phi) is 3.32. The molecule has 3 N–H and O–H groups in total. The topological polar surface area (TPSA) is 87.6 Å². The smallest absolute Gasteiger partial charge is 0.158 e. The van der Waals surface area contributed by atoms with E-state index >= 15 is 0 Å². The van der Waals surface area contributed by atoms with E-state index in [1.54, 1.807) is 6.20 Å². The van der Waals surface area contributed by atoms with Crippen LogP contribution >= 0.6 is 0 Å². The zero-order valence-corrected chi connectivity index (χ0v) is 9.06. The van der Waals surface area contributed by atoms with E-state index in [9.17, 15) is 0 Å². The molecule has 1 fully saturated rings. The van der Waals surface area contributed by atoms with Crippen LogP contribution in [0.3, 0.4) is 0 Å². The van der Waals surface area contributed by atoms with Crippen LogP contribution in [-0.4, -0.2) is 22.1 Å². The van der Waals surface area contributed by atoms with E-state index in [-0.39, 0.29) is 12.1 Å². The highest BCUT2D eigenvalue weighted by atomic mass is 15.1. The second-order valence-electron chi connectivity index (χ2n) is 4.10. The molecular formula is C11H15N5. The highest BCUT2D eigenvalue weighted by molar-refractivity contribution is 5.35. The minimum Gasteiger partial charge on any atom is -0.365 e. The standard InChI is InChI=1S/C11H15N5/c12-5-8-6-15-11(7-14-8)16-10-4-2-1-3-9(10)13/h6-7,9-10H,1-4,13H2,(H,15,16). The van der Waals surface area contributed by atoms with Gasteiger partial charge in [0.15, 0.2) is 5.69 Å². The molecule has 5 nitrogen and oxygen atoms in total. The second kappa shape index (κ2) is 4.90. The first-order valence-electron chi connectivity index (χ1n) is 5.54. The molecule has 84 valence electrons. The van der Waals surface area contributed by atoms with Gasteiger partial charge in [-0.3, -0.25) is 0 Å². The highest BCUT2D eigenvalue weighted by Crippen LogP contribution is 2.19. The molecule has 1 aromatic heterocycles. The van der Waals surface area contributed by atoms with Crippen molar-refractivity contribution in [1.82, 2.24) is 9.97 Å². The molecule has 0 amide bonds. The Morgan fingerprint density at radius 2 is 2.12 bits per heavy atom. The first kappa shape index (κ1) is 10.8. The van der Waals surface area contributed by atoms with Crippen LogP contribution in [0.5, 0.6) is 0 Å². The van der Waals surface area contributed by atoms with Crippen molar-refractivity contribution in [2.75, 3.05) is 5.32 Å². The van der Waals surface area contributed by atoms with Gasteiger partial charge >= 0.3 is 0 Å². The molecule has 0 bridgehead atoms. The summed E-state index contributed by atoms with van der Waals surface area (Å²) in [6, 6.07) is 2.40. The quantitative estimate of drug-likeness (QED) is 0.772. The van der Waals surface area contributed by atoms with Crippen molar-refractivity contribution in [1.29, 1.82) is 5.26 Å². The maximum absolute atomic E-state index is 8.60. The fourth-order valence-corrected chi connectivity index (χ4v) is 1.99. The van der Waals surface area contributed by atoms with Gasteiger partial charge in [0.05, 0.1) is 12.4 Å². The van der Waals surface area contributed by atoms with E-state index in [1.165, 1.54) is 19.0 Å². The molecule has 1 heterocycles. The lowest BCUT2D eigenvalue weighted by molar-refractivity contribution is 0.403. The third kappa shape index (κ3) is 2.47. The van der Waals surface area contributed by atoms with E-state index in [0.717, 1.165) is 12.8 Å². The molecule has 1 aliphatic carbocycles. The van der Waals surface area contributed by atoms with Gasteiger partial charge in [-0.05, 0) is 12.8 Å². The van der Waals surface area contributed by atoms with E-state index in [0.29, 0.717) is 11.5 Å². The van der Waals surface area contributed by atoms with Crippen molar-refractivity contribution in [2.24, 2.45) is 5.73 Å². The van der Waals surface area contributed by atoms with Crippen LogP contribution in [-0.2, 0) is 0 Å². The summed E-state index contributed by atoms with van der Waals surface area (Å²) in [5.41, 5.74) is 6.35.